The Morgan fingerprint density at radius 1 is 1.17 bits per heavy atom. The van der Waals surface area contributed by atoms with E-state index in [-0.39, 0.29) is 0 Å². The van der Waals surface area contributed by atoms with Gasteiger partial charge in [-0.3, -0.25) is 4.68 Å². The van der Waals surface area contributed by atoms with Gasteiger partial charge in [-0.25, -0.2) is 0 Å². The predicted octanol–water partition coefficient (Wildman–Crippen LogP) is 2.86. The van der Waals surface area contributed by atoms with Crippen LogP contribution in [0.25, 0.3) is 0 Å². The molecule has 2 aromatic rings. The third-order valence-corrected chi connectivity index (χ3v) is 3.16. The summed E-state index contributed by atoms with van der Waals surface area (Å²) in [6.45, 7) is 0.911. The average Bonchev–Trinajstić information content (AvgIpc) is 2.78. The molecule has 0 atom stereocenters. The minimum atomic E-state index is 0.674. The lowest BCUT2D eigenvalue weighted by Crippen LogP contribution is -2.08. The summed E-state index contributed by atoms with van der Waals surface area (Å²) in [4.78, 5) is 0. The lowest BCUT2D eigenvalue weighted by molar-refractivity contribution is 0.711. The molecule has 4 heteroatoms. The largest absolute Gasteiger partial charge is 0.385 e. The second kappa shape index (κ2) is 6.45. The molecule has 0 saturated heterocycles. The van der Waals surface area contributed by atoms with Crippen molar-refractivity contribution in [3.8, 4) is 0 Å². The summed E-state index contributed by atoms with van der Waals surface area (Å²) in [6, 6.07) is 10.5. The fraction of sp³-hybridized carbons (Fsp3) is 0.357. The summed E-state index contributed by atoms with van der Waals surface area (Å²) in [6.07, 6.45) is 3.73. The lowest BCUT2D eigenvalue weighted by atomic mass is 10.1. The molecule has 0 aliphatic heterocycles. The molecule has 3 nitrogen and oxygen atoms in total. The maximum atomic E-state index is 5.71. The van der Waals surface area contributed by atoms with E-state index in [2.05, 4.69) is 34.7 Å². The molecule has 0 aliphatic rings. The molecule has 18 heavy (non-hydrogen) atoms. The summed E-state index contributed by atoms with van der Waals surface area (Å²) >= 11 is 5.71. The first-order valence-corrected chi connectivity index (χ1v) is 6.68. The van der Waals surface area contributed by atoms with Crippen molar-refractivity contribution < 1.29 is 0 Å². The van der Waals surface area contributed by atoms with Gasteiger partial charge in [0.05, 0.1) is 0 Å². The zero-order chi connectivity index (χ0) is 12.8. The molecule has 0 aliphatic carbocycles. The van der Waals surface area contributed by atoms with Crippen molar-refractivity contribution in [1.29, 1.82) is 0 Å². The number of alkyl halides is 1. The van der Waals surface area contributed by atoms with Crippen molar-refractivity contribution in [3.05, 3.63) is 47.8 Å². The van der Waals surface area contributed by atoms with Crippen LogP contribution in [0.2, 0.25) is 0 Å². The molecule has 0 bridgehead atoms. The van der Waals surface area contributed by atoms with Gasteiger partial charge in [0.25, 0.3) is 0 Å². The fourth-order valence-electron chi connectivity index (χ4n) is 1.88. The summed E-state index contributed by atoms with van der Waals surface area (Å²) in [5.74, 6) is 0.674. The fourth-order valence-corrected chi connectivity index (χ4v) is 2.10. The molecule has 1 N–H and O–H groups in total. The molecule has 0 spiro atoms. The Bertz CT molecular complexity index is 476. The van der Waals surface area contributed by atoms with E-state index in [1.54, 1.807) is 0 Å². The summed E-state index contributed by atoms with van der Waals surface area (Å²) < 4.78 is 1.91. The van der Waals surface area contributed by atoms with E-state index in [0.717, 1.165) is 25.1 Å². The maximum Gasteiger partial charge on any atom is 0.0492 e. The molecule has 0 fully saturated rings. The molecular formula is C14H18ClN3. The Kier molecular flexibility index (Phi) is 4.65. The van der Waals surface area contributed by atoms with Crippen molar-refractivity contribution >= 4 is 17.3 Å². The molecule has 0 radical (unpaired) electrons. The number of nitrogens with one attached hydrogen (secondary N) is 1. The highest BCUT2D eigenvalue weighted by Crippen LogP contribution is 2.10. The standard InChI is InChI=1S/C14H18ClN3/c1-18-14(8-11-17-18)7-10-16-13-4-2-12(3-5-13)6-9-15/h2-5,8,11,16H,6-7,9-10H2,1H3. The van der Waals surface area contributed by atoms with E-state index in [1.807, 2.05) is 24.0 Å². The third kappa shape index (κ3) is 3.50. The number of nitrogens with zero attached hydrogens (tertiary/aromatic N) is 2. The Hall–Kier alpha value is -1.48. The Morgan fingerprint density at radius 3 is 2.56 bits per heavy atom. The van der Waals surface area contributed by atoms with Gasteiger partial charge in [-0.15, -0.1) is 11.6 Å². The number of rotatable bonds is 6. The average molecular weight is 264 g/mol. The van der Waals surface area contributed by atoms with E-state index < -0.39 is 0 Å². The summed E-state index contributed by atoms with van der Waals surface area (Å²) in [5.41, 5.74) is 3.67. The highest BCUT2D eigenvalue weighted by molar-refractivity contribution is 6.17. The summed E-state index contributed by atoms with van der Waals surface area (Å²) in [5, 5.41) is 7.56. The molecular weight excluding hydrogens is 246 g/mol. The second-order valence-corrected chi connectivity index (χ2v) is 4.64. The highest BCUT2D eigenvalue weighted by atomic mass is 35.5. The summed E-state index contributed by atoms with van der Waals surface area (Å²) in [7, 11) is 1.97. The molecule has 0 amide bonds. The van der Waals surface area contributed by atoms with Gasteiger partial charge in [0.15, 0.2) is 0 Å². The Labute approximate surface area is 113 Å². The monoisotopic (exact) mass is 263 g/mol. The molecule has 0 unspecified atom stereocenters. The number of hydrogen-bond acceptors (Lipinski definition) is 2. The van der Waals surface area contributed by atoms with Gasteiger partial charge in [0, 0.05) is 43.5 Å². The van der Waals surface area contributed by atoms with Gasteiger partial charge >= 0.3 is 0 Å². The molecule has 0 saturated carbocycles. The van der Waals surface area contributed by atoms with Crippen LogP contribution in [0.4, 0.5) is 5.69 Å². The van der Waals surface area contributed by atoms with Crippen LogP contribution in [-0.4, -0.2) is 22.2 Å². The van der Waals surface area contributed by atoms with E-state index in [0.29, 0.717) is 5.88 Å². The van der Waals surface area contributed by atoms with Gasteiger partial charge in [-0.05, 0) is 30.2 Å². The normalized spacial score (nSPS) is 10.6. The number of hydrogen-bond donors (Lipinski definition) is 1. The first kappa shape index (κ1) is 13.0. The van der Waals surface area contributed by atoms with Gasteiger partial charge in [0.1, 0.15) is 0 Å². The number of aromatic nitrogens is 2. The Morgan fingerprint density at radius 2 is 1.94 bits per heavy atom. The van der Waals surface area contributed by atoms with E-state index >= 15 is 0 Å². The topological polar surface area (TPSA) is 29.9 Å². The highest BCUT2D eigenvalue weighted by Gasteiger charge is 1.98. The van der Waals surface area contributed by atoms with Crippen molar-refractivity contribution in [2.24, 2.45) is 7.05 Å². The predicted molar refractivity (Wildman–Crippen MR) is 76.3 cm³/mol. The first-order chi connectivity index (χ1) is 8.79. The van der Waals surface area contributed by atoms with Crippen molar-refractivity contribution in [1.82, 2.24) is 9.78 Å². The molecule has 2 rings (SSSR count). The van der Waals surface area contributed by atoms with Crippen LogP contribution < -0.4 is 5.32 Å². The van der Waals surface area contributed by atoms with Crippen LogP contribution in [0.1, 0.15) is 11.3 Å². The molecule has 1 aromatic carbocycles. The van der Waals surface area contributed by atoms with Crippen LogP contribution in [0.5, 0.6) is 0 Å². The lowest BCUT2D eigenvalue weighted by Gasteiger charge is -2.07. The maximum absolute atomic E-state index is 5.71. The van der Waals surface area contributed by atoms with E-state index in [4.69, 9.17) is 11.6 Å². The minimum absolute atomic E-state index is 0.674. The van der Waals surface area contributed by atoms with E-state index in [9.17, 15) is 0 Å². The van der Waals surface area contributed by atoms with Crippen LogP contribution in [0, 0.1) is 0 Å². The number of aryl methyl sites for hydroxylation is 2. The number of anilines is 1. The number of halogens is 1. The van der Waals surface area contributed by atoms with Crippen LogP contribution >= 0.6 is 11.6 Å². The van der Waals surface area contributed by atoms with Crippen LogP contribution in [0.3, 0.4) is 0 Å². The van der Waals surface area contributed by atoms with Gasteiger partial charge in [-0.2, -0.15) is 5.10 Å². The van der Waals surface area contributed by atoms with Crippen LogP contribution in [0.15, 0.2) is 36.5 Å². The van der Waals surface area contributed by atoms with Crippen molar-refractivity contribution in [3.63, 3.8) is 0 Å². The zero-order valence-electron chi connectivity index (χ0n) is 10.6. The SMILES string of the molecule is Cn1nccc1CCNc1ccc(CCCl)cc1. The van der Waals surface area contributed by atoms with Crippen molar-refractivity contribution in [2.45, 2.75) is 12.8 Å². The molecule has 96 valence electrons. The van der Waals surface area contributed by atoms with E-state index in [1.165, 1.54) is 11.3 Å². The Balaban J connectivity index is 1.81. The number of benzene rings is 1. The van der Waals surface area contributed by atoms with Gasteiger partial charge in [-0.1, -0.05) is 12.1 Å². The smallest absolute Gasteiger partial charge is 0.0492 e. The minimum Gasteiger partial charge on any atom is -0.385 e. The van der Waals surface area contributed by atoms with Gasteiger partial charge in [0.2, 0.25) is 0 Å². The third-order valence-electron chi connectivity index (χ3n) is 2.97. The quantitative estimate of drug-likeness (QED) is 0.813. The van der Waals surface area contributed by atoms with Crippen molar-refractivity contribution in [2.75, 3.05) is 17.7 Å². The molecule has 1 heterocycles. The molecule has 1 aromatic heterocycles. The second-order valence-electron chi connectivity index (χ2n) is 4.26. The van der Waals surface area contributed by atoms with Crippen LogP contribution in [-0.2, 0) is 19.9 Å². The van der Waals surface area contributed by atoms with Gasteiger partial charge < -0.3 is 5.32 Å². The first-order valence-electron chi connectivity index (χ1n) is 6.15. The zero-order valence-corrected chi connectivity index (χ0v) is 11.3.